The van der Waals surface area contributed by atoms with Crippen molar-refractivity contribution in [1.82, 2.24) is 15.3 Å². The average Bonchev–Trinajstić information content (AvgIpc) is 3.33. The minimum atomic E-state index is -0.777. The third kappa shape index (κ3) is 3.78. The molecule has 2 aromatic rings. The van der Waals surface area contributed by atoms with E-state index in [2.05, 4.69) is 15.3 Å². The van der Waals surface area contributed by atoms with Gasteiger partial charge in [0, 0.05) is 12.6 Å². The molecule has 1 aromatic carbocycles. The van der Waals surface area contributed by atoms with Crippen LogP contribution in [0.25, 0.3) is 0 Å². The Bertz CT molecular complexity index is 1060. The number of hydrogen-bond acceptors (Lipinski definition) is 4. The predicted octanol–water partition coefficient (Wildman–Crippen LogP) is 2.71. The summed E-state index contributed by atoms with van der Waals surface area (Å²) in [7, 11) is 0. The molecule has 1 saturated heterocycles. The summed E-state index contributed by atoms with van der Waals surface area (Å²) >= 11 is 6.22. The van der Waals surface area contributed by atoms with Crippen LogP contribution in [-0.2, 0) is 4.79 Å². The van der Waals surface area contributed by atoms with E-state index in [4.69, 9.17) is 17.3 Å². The molecule has 0 unspecified atom stereocenters. The molecule has 4 N–H and O–H groups in total. The van der Waals surface area contributed by atoms with E-state index in [0.29, 0.717) is 49.9 Å². The van der Waals surface area contributed by atoms with E-state index < -0.39 is 23.0 Å². The van der Waals surface area contributed by atoms with Crippen molar-refractivity contribution in [3.05, 3.63) is 46.3 Å². The van der Waals surface area contributed by atoms with Gasteiger partial charge in [0.25, 0.3) is 11.8 Å². The van der Waals surface area contributed by atoms with Crippen LogP contribution < -0.4 is 16.0 Å². The number of nitrogens with zero attached hydrogens (tertiary/aromatic N) is 2. The zero-order valence-corrected chi connectivity index (χ0v) is 17.8. The Balaban J connectivity index is 1.42. The number of hydrogen-bond donors (Lipinski definition) is 3. The van der Waals surface area contributed by atoms with Crippen LogP contribution in [0.15, 0.2) is 18.5 Å². The van der Waals surface area contributed by atoms with Gasteiger partial charge in [-0.15, -0.1) is 0 Å². The number of halogens is 2. The summed E-state index contributed by atoms with van der Waals surface area (Å²) in [5.74, 6) is -1.63. The lowest BCUT2D eigenvalue weighted by Gasteiger charge is -2.36. The van der Waals surface area contributed by atoms with Gasteiger partial charge in [0.2, 0.25) is 5.91 Å². The smallest absolute Gasteiger partial charge is 0.270 e. The van der Waals surface area contributed by atoms with Crippen molar-refractivity contribution in [3.63, 3.8) is 0 Å². The fourth-order valence-corrected chi connectivity index (χ4v) is 4.84. The predicted molar refractivity (Wildman–Crippen MR) is 112 cm³/mol. The van der Waals surface area contributed by atoms with Gasteiger partial charge in [0.1, 0.15) is 11.5 Å². The number of nitrogens with one attached hydrogen (secondary N) is 2. The highest BCUT2D eigenvalue weighted by atomic mass is 35.5. The summed E-state index contributed by atoms with van der Waals surface area (Å²) in [6.45, 7) is 2.17. The van der Waals surface area contributed by atoms with Gasteiger partial charge in [-0.05, 0) is 56.7 Å². The molecule has 1 saturated carbocycles. The number of nitrogens with two attached hydrogens (primary N) is 1. The molecular weight excluding hydrogens is 425 g/mol. The third-order valence-electron chi connectivity index (χ3n) is 6.41. The zero-order valence-electron chi connectivity index (χ0n) is 17.0. The van der Waals surface area contributed by atoms with Crippen LogP contribution >= 0.6 is 11.6 Å². The monoisotopic (exact) mass is 447 g/mol. The molecule has 31 heavy (non-hydrogen) atoms. The van der Waals surface area contributed by atoms with Crippen molar-refractivity contribution in [2.24, 2.45) is 11.1 Å². The number of aromatic amines is 1. The normalized spacial score (nSPS) is 23.4. The summed E-state index contributed by atoms with van der Waals surface area (Å²) in [6.07, 6.45) is 4.43. The SMILES string of the molecule is Cc1cc(N2CCC3(CCC(NC(=O)c4[nH]cnc4C(N)=O)CC3)C2=O)c(Cl)cc1F. The Morgan fingerprint density at radius 1 is 1.32 bits per heavy atom. The molecule has 0 bridgehead atoms. The minimum absolute atomic E-state index is 0.00485. The van der Waals surface area contributed by atoms with E-state index in [9.17, 15) is 18.8 Å². The van der Waals surface area contributed by atoms with Crippen molar-refractivity contribution in [1.29, 1.82) is 0 Å². The van der Waals surface area contributed by atoms with E-state index in [0.717, 1.165) is 0 Å². The zero-order chi connectivity index (χ0) is 22.3. The summed E-state index contributed by atoms with van der Waals surface area (Å²) in [5.41, 5.74) is 5.65. The van der Waals surface area contributed by atoms with Gasteiger partial charge in [0.15, 0.2) is 5.69 Å². The lowest BCUT2D eigenvalue weighted by atomic mass is 9.71. The maximum absolute atomic E-state index is 13.8. The lowest BCUT2D eigenvalue weighted by molar-refractivity contribution is -0.127. The second kappa shape index (κ2) is 7.96. The third-order valence-corrected chi connectivity index (χ3v) is 6.71. The maximum Gasteiger partial charge on any atom is 0.270 e. The fourth-order valence-electron chi connectivity index (χ4n) is 4.59. The molecule has 3 amide bonds. The fraction of sp³-hybridized carbons (Fsp3) is 0.429. The van der Waals surface area contributed by atoms with Crippen LogP contribution in [0.5, 0.6) is 0 Å². The van der Waals surface area contributed by atoms with Crippen molar-refractivity contribution in [3.8, 4) is 0 Å². The molecular formula is C21H23ClFN5O3. The van der Waals surface area contributed by atoms with Gasteiger partial charge in [-0.3, -0.25) is 14.4 Å². The molecule has 1 aliphatic heterocycles. The topological polar surface area (TPSA) is 121 Å². The van der Waals surface area contributed by atoms with E-state index in [-0.39, 0.29) is 28.4 Å². The average molecular weight is 448 g/mol. The lowest BCUT2D eigenvalue weighted by Crippen LogP contribution is -2.44. The number of imidazole rings is 1. The Kier molecular flexibility index (Phi) is 5.47. The number of aryl methyl sites for hydroxylation is 1. The Morgan fingerprint density at radius 3 is 2.71 bits per heavy atom. The van der Waals surface area contributed by atoms with Crippen LogP contribution in [0.3, 0.4) is 0 Å². The number of primary amides is 1. The molecule has 1 aliphatic carbocycles. The Labute approximate surface area is 183 Å². The first-order valence-electron chi connectivity index (χ1n) is 10.1. The standard InChI is InChI=1S/C21H23ClFN5O3/c1-11-8-15(13(22)9-14(11)23)28-7-6-21(20(28)31)4-2-12(3-5-21)27-19(30)17-16(18(24)29)25-10-26-17/h8-10,12H,2-7H2,1H3,(H2,24,29)(H,25,26)(H,27,30). The summed E-state index contributed by atoms with van der Waals surface area (Å²) < 4.78 is 13.8. The maximum atomic E-state index is 13.8. The molecule has 8 nitrogen and oxygen atoms in total. The van der Waals surface area contributed by atoms with Crippen LogP contribution in [0, 0.1) is 18.2 Å². The van der Waals surface area contributed by atoms with Gasteiger partial charge in [-0.1, -0.05) is 11.6 Å². The first-order chi connectivity index (χ1) is 14.7. The van der Waals surface area contributed by atoms with E-state index in [1.807, 2.05) is 0 Å². The first-order valence-corrected chi connectivity index (χ1v) is 10.5. The Morgan fingerprint density at radius 2 is 2.03 bits per heavy atom. The number of amides is 3. The van der Waals surface area contributed by atoms with Gasteiger partial charge >= 0.3 is 0 Å². The van der Waals surface area contributed by atoms with Crippen molar-refractivity contribution < 1.29 is 18.8 Å². The second-order valence-corrected chi connectivity index (χ2v) is 8.69. The van der Waals surface area contributed by atoms with Crippen LogP contribution in [0.1, 0.15) is 58.6 Å². The van der Waals surface area contributed by atoms with Crippen molar-refractivity contribution >= 4 is 35.0 Å². The summed E-state index contributed by atoms with van der Waals surface area (Å²) in [4.78, 5) is 45.2. The number of aromatic nitrogens is 2. The van der Waals surface area contributed by atoms with Gasteiger partial charge in [-0.2, -0.15) is 0 Å². The molecule has 0 atom stereocenters. The largest absolute Gasteiger partial charge is 0.364 e. The number of carbonyl (C=O) groups excluding carboxylic acids is 3. The number of benzene rings is 1. The van der Waals surface area contributed by atoms with Crippen LogP contribution in [0.4, 0.5) is 10.1 Å². The Hall–Kier alpha value is -2.94. The van der Waals surface area contributed by atoms with Crippen molar-refractivity contribution in [2.45, 2.75) is 45.1 Å². The number of carbonyl (C=O) groups is 3. The molecule has 164 valence electrons. The molecule has 2 aliphatic rings. The van der Waals surface area contributed by atoms with E-state index >= 15 is 0 Å². The molecule has 1 aromatic heterocycles. The number of rotatable bonds is 4. The van der Waals surface area contributed by atoms with Gasteiger partial charge in [-0.25, -0.2) is 9.37 Å². The number of H-pyrrole nitrogens is 1. The molecule has 0 radical (unpaired) electrons. The van der Waals surface area contributed by atoms with Crippen LogP contribution in [-0.4, -0.2) is 40.3 Å². The molecule has 4 rings (SSSR count). The van der Waals surface area contributed by atoms with Gasteiger partial charge in [0.05, 0.1) is 22.5 Å². The van der Waals surface area contributed by atoms with E-state index in [1.54, 1.807) is 17.9 Å². The summed E-state index contributed by atoms with van der Waals surface area (Å²) in [6, 6.07) is 2.73. The number of anilines is 1. The van der Waals surface area contributed by atoms with E-state index in [1.165, 1.54) is 12.4 Å². The highest BCUT2D eigenvalue weighted by Gasteiger charge is 2.49. The van der Waals surface area contributed by atoms with Crippen LogP contribution in [0.2, 0.25) is 5.02 Å². The minimum Gasteiger partial charge on any atom is -0.364 e. The molecule has 10 heteroatoms. The second-order valence-electron chi connectivity index (χ2n) is 8.28. The summed E-state index contributed by atoms with van der Waals surface area (Å²) in [5, 5.41) is 3.12. The molecule has 2 fully saturated rings. The van der Waals surface area contributed by atoms with Gasteiger partial charge < -0.3 is 20.9 Å². The molecule has 1 spiro atoms. The highest BCUT2D eigenvalue weighted by molar-refractivity contribution is 6.34. The first kappa shape index (κ1) is 21.3. The molecule has 2 heterocycles. The van der Waals surface area contributed by atoms with Crippen molar-refractivity contribution in [2.75, 3.05) is 11.4 Å². The highest BCUT2D eigenvalue weighted by Crippen LogP contribution is 2.47. The quantitative estimate of drug-likeness (QED) is 0.667.